The molecule has 0 fully saturated rings. The summed E-state index contributed by atoms with van der Waals surface area (Å²) in [4.78, 5) is 24.3. The number of carbonyl (C=O) groups is 2. The van der Waals surface area contributed by atoms with Gasteiger partial charge in [0.2, 0.25) is 5.91 Å². The second-order valence-corrected chi connectivity index (χ2v) is 5.62. The van der Waals surface area contributed by atoms with E-state index in [0.717, 1.165) is 4.90 Å². The van der Waals surface area contributed by atoms with E-state index in [2.05, 4.69) is 17.9 Å². The number of thiol groups is 1. The molecule has 1 aromatic carbocycles. The van der Waals surface area contributed by atoms with Crippen LogP contribution in [0, 0.1) is 17.8 Å². The molecule has 106 valence electrons. The van der Waals surface area contributed by atoms with Gasteiger partial charge in [0.15, 0.2) is 0 Å². The minimum absolute atomic E-state index is 0.209. The average Bonchev–Trinajstić information content (AvgIpc) is 2.41. The average molecular weight is 291 g/mol. The van der Waals surface area contributed by atoms with Crippen LogP contribution in [0.25, 0.3) is 0 Å². The van der Waals surface area contributed by atoms with E-state index in [1.54, 1.807) is 30.3 Å². The summed E-state index contributed by atoms with van der Waals surface area (Å²) in [6.07, 6.45) is 4.03. The summed E-state index contributed by atoms with van der Waals surface area (Å²) in [5.41, 5.74) is 0.652. The van der Waals surface area contributed by atoms with Crippen molar-refractivity contribution in [3.63, 3.8) is 0 Å². The molecule has 20 heavy (non-hydrogen) atoms. The van der Waals surface area contributed by atoms with E-state index in [-0.39, 0.29) is 11.8 Å². The predicted molar refractivity (Wildman–Crippen MR) is 79.9 cm³/mol. The first-order valence-corrected chi connectivity index (χ1v) is 6.93. The lowest BCUT2D eigenvalue weighted by molar-refractivity contribution is -0.144. The van der Waals surface area contributed by atoms with Crippen molar-refractivity contribution < 1.29 is 14.7 Å². The van der Waals surface area contributed by atoms with Crippen molar-refractivity contribution in [1.29, 1.82) is 0 Å². The molecule has 1 aromatic rings. The van der Waals surface area contributed by atoms with Crippen molar-refractivity contribution in [3.05, 3.63) is 36.4 Å². The van der Waals surface area contributed by atoms with Crippen LogP contribution in [-0.2, 0) is 9.59 Å². The third-order valence-corrected chi connectivity index (χ3v) is 3.76. The Morgan fingerprint density at radius 1 is 1.25 bits per heavy atom. The van der Waals surface area contributed by atoms with Gasteiger partial charge in [-0.1, -0.05) is 19.1 Å². The van der Waals surface area contributed by atoms with Gasteiger partial charge >= 0.3 is 5.97 Å². The lowest BCUT2D eigenvalue weighted by Crippen LogP contribution is -2.35. The summed E-state index contributed by atoms with van der Waals surface area (Å²) >= 11 is 4.18. The van der Waals surface area contributed by atoms with E-state index in [1.165, 1.54) is 0 Å². The van der Waals surface area contributed by atoms with Crippen molar-refractivity contribution in [2.75, 3.05) is 5.32 Å². The van der Waals surface area contributed by atoms with E-state index < -0.39 is 17.8 Å². The summed E-state index contributed by atoms with van der Waals surface area (Å²) in [5, 5.41) is 12.0. The van der Waals surface area contributed by atoms with Crippen LogP contribution >= 0.6 is 12.6 Å². The zero-order chi connectivity index (χ0) is 14.7. The lowest BCUT2D eigenvalue weighted by Gasteiger charge is -2.27. The van der Waals surface area contributed by atoms with Gasteiger partial charge in [0.1, 0.15) is 0 Å². The molecule has 0 radical (unpaired) electrons. The Hall–Kier alpha value is -1.75. The highest BCUT2D eigenvalue weighted by Gasteiger charge is 2.35. The maximum absolute atomic E-state index is 12.3. The molecule has 5 heteroatoms. The van der Waals surface area contributed by atoms with E-state index in [0.29, 0.717) is 12.1 Å². The van der Waals surface area contributed by atoms with Crippen LogP contribution in [0.4, 0.5) is 5.69 Å². The summed E-state index contributed by atoms with van der Waals surface area (Å²) in [6, 6.07) is 7.05. The fourth-order valence-electron chi connectivity index (χ4n) is 2.37. The third kappa shape index (κ3) is 3.42. The SMILES string of the molecule is CC1C=CC(C(=O)O)C(C(=O)Nc2ccc(S)cc2)C1. The largest absolute Gasteiger partial charge is 0.481 e. The Labute approximate surface area is 123 Å². The lowest BCUT2D eigenvalue weighted by atomic mass is 9.79. The molecule has 3 atom stereocenters. The molecule has 0 bridgehead atoms. The summed E-state index contributed by atoms with van der Waals surface area (Å²) < 4.78 is 0. The number of anilines is 1. The molecule has 0 spiro atoms. The van der Waals surface area contributed by atoms with Gasteiger partial charge in [-0.05, 0) is 36.6 Å². The zero-order valence-corrected chi connectivity index (χ0v) is 12.0. The van der Waals surface area contributed by atoms with Crippen molar-refractivity contribution in [3.8, 4) is 0 Å². The van der Waals surface area contributed by atoms with Crippen LogP contribution in [0.1, 0.15) is 13.3 Å². The number of benzene rings is 1. The fraction of sp³-hybridized carbons (Fsp3) is 0.333. The van der Waals surface area contributed by atoms with Crippen molar-refractivity contribution >= 4 is 30.2 Å². The normalized spacial score (nSPS) is 25.2. The molecule has 2 rings (SSSR count). The van der Waals surface area contributed by atoms with E-state index in [4.69, 9.17) is 0 Å². The van der Waals surface area contributed by atoms with Gasteiger partial charge in [0.05, 0.1) is 11.8 Å². The number of allylic oxidation sites excluding steroid dienone is 1. The van der Waals surface area contributed by atoms with Gasteiger partial charge in [-0.3, -0.25) is 9.59 Å². The molecule has 1 aliphatic carbocycles. The summed E-state index contributed by atoms with van der Waals surface area (Å²) in [7, 11) is 0. The van der Waals surface area contributed by atoms with E-state index >= 15 is 0 Å². The Morgan fingerprint density at radius 2 is 1.90 bits per heavy atom. The first kappa shape index (κ1) is 14.7. The van der Waals surface area contributed by atoms with Crippen molar-refractivity contribution in [2.45, 2.75) is 18.2 Å². The number of hydrogen-bond donors (Lipinski definition) is 3. The quantitative estimate of drug-likeness (QED) is 0.592. The standard InChI is InChI=1S/C15H17NO3S/c1-9-2-7-12(15(18)19)13(8-9)14(17)16-10-3-5-11(20)6-4-10/h2-7,9,12-13,20H,8H2,1H3,(H,16,17)(H,18,19). The van der Waals surface area contributed by atoms with Gasteiger partial charge in [0.25, 0.3) is 0 Å². The van der Waals surface area contributed by atoms with Gasteiger partial charge in [0, 0.05) is 10.6 Å². The smallest absolute Gasteiger partial charge is 0.311 e. The van der Waals surface area contributed by atoms with Crippen LogP contribution in [0.3, 0.4) is 0 Å². The molecular formula is C15H17NO3S. The number of carbonyl (C=O) groups excluding carboxylic acids is 1. The molecule has 0 heterocycles. The highest BCUT2D eigenvalue weighted by Crippen LogP contribution is 2.29. The number of carboxylic acids is 1. The predicted octanol–water partition coefficient (Wildman–Crippen LogP) is 2.83. The number of carboxylic acid groups (broad SMARTS) is 1. The molecule has 1 amide bonds. The van der Waals surface area contributed by atoms with Crippen molar-refractivity contribution in [2.24, 2.45) is 17.8 Å². The minimum Gasteiger partial charge on any atom is -0.481 e. The first-order chi connectivity index (χ1) is 9.47. The van der Waals surface area contributed by atoms with E-state index in [9.17, 15) is 14.7 Å². The van der Waals surface area contributed by atoms with Crippen molar-refractivity contribution in [1.82, 2.24) is 0 Å². The van der Waals surface area contributed by atoms with Crippen LogP contribution in [0.2, 0.25) is 0 Å². The molecule has 3 unspecified atom stereocenters. The molecule has 1 aliphatic rings. The highest BCUT2D eigenvalue weighted by atomic mass is 32.1. The molecular weight excluding hydrogens is 274 g/mol. The second-order valence-electron chi connectivity index (χ2n) is 5.10. The molecule has 2 N–H and O–H groups in total. The van der Waals surface area contributed by atoms with Gasteiger partial charge < -0.3 is 10.4 Å². The Morgan fingerprint density at radius 3 is 2.50 bits per heavy atom. The monoisotopic (exact) mass is 291 g/mol. The van der Waals surface area contributed by atoms with Crippen LogP contribution in [0.15, 0.2) is 41.3 Å². The topological polar surface area (TPSA) is 66.4 Å². The maximum atomic E-state index is 12.3. The Kier molecular flexibility index (Phi) is 4.49. The first-order valence-electron chi connectivity index (χ1n) is 6.48. The highest BCUT2D eigenvalue weighted by molar-refractivity contribution is 7.80. The van der Waals surface area contributed by atoms with Crippen LogP contribution in [0.5, 0.6) is 0 Å². The summed E-state index contributed by atoms with van der Waals surface area (Å²) in [5.74, 6) is -2.29. The Bertz CT molecular complexity index is 539. The number of rotatable bonds is 3. The number of aliphatic carboxylic acids is 1. The van der Waals surface area contributed by atoms with Crippen LogP contribution < -0.4 is 5.32 Å². The minimum atomic E-state index is -0.959. The van der Waals surface area contributed by atoms with Gasteiger partial charge in [-0.2, -0.15) is 0 Å². The zero-order valence-electron chi connectivity index (χ0n) is 11.1. The fourth-order valence-corrected chi connectivity index (χ4v) is 2.52. The molecule has 0 saturated heterocycles. The molecule has 0 saturated carbocycles. The molecule has 0 aromatic heterocycles. The number of nitrogens with one attached hydrogen (secondary N) is 1. The van der Waals surface area contributed by atoms with Gasteiger partial charge in [-0.25, -0.2) is 0 Å². The number of hydrogen-bond acceptors (Lipinski definition) is 3. The molecule has 0 aliphatic heterocycles. The third-order valence-electron chi connectivity index (χ3n) is 3.46. The maximum Gasteiger partial charge on any atom is 0.311 e. The summed E-state index contributed by atoms with van der Waals surface area (Å²) in [6.45, 7) is 1.98. The number of amides is 1. The molecule has 4 nitrogen and oxygen atoms in total. The second kappa shape index (κ2) is 6.13. The van der Waals surface area contributed by atoms with E-state index in [1.807, 2.05) is 13.0 Å². The Balaban J connectivity index is 2.12. The van der Waals surface area contributed by atoms with Gasteiger partial charge in [-0.15, -0.1) is 12.6 Å². The van der Waals surface area contributed by atoms with Crippen LogP contribution in [-0.4, -0.2) is 17.0 Å².